The average molecular weight is 348 g/mol. The second-order valence-electron chi connectivity index (χ2n) is 4.73. The van der Waals surface area contributed by atoms with Crippen LogP contribution in [0.1, 0.15) is 20.3 Å². The van der Waals surface area contributed by atoms with Crippen molar-refractivity contribution in [2.45, 2.75) is 38.4 Å². The van der Waals surface area contributed by atoms with Gasteiger partial charge in [0.2, 0.25) is 23.6 Å². The van der Waals surface area contributed by atoms with E-state index in [1.54, 1.807) is 0 Å². The lowest BCUT2D eigenvalue weighted by molar-refractivity contribution is -0.140. The normalized spacial score (nSPS) is 14.0. The Balaban J connectivity index is 4.89. The van der Waals surface area contributed by atoms with E-state index < -0.39 is 54.1 Å². The van der Waals surface area contributed by atoms with Crippen molar-refractivity contribution in [1.82, 2.24) is 16.0 Å². The molecule has 10 nitrogen and oxygen atoms in total. The van der Waals surface area contributed by atoms with Crippen LogP contribution in [-0.2, 0) is 24.0 Å². The number of primary amides is 1. The Labute approximate surface area is 138 Å². The molecule has 4 amide bonds. The van der Waals surface area contributed by atoms with E-state index in [-0.39, 0.29) is 5.75 Å². The van der Waals surface area contributed by atoms with Gasteiger partial charge >= 0.3 is 5.97 Å². The molecule has 0 spiro atoms. The largest absolute Gasteiger partial charge is 0.481 e. The lowest BCUT2D eigenvalue weighted by atomic mass is 10.1. The fraction of sp³-hybridized carbons (Fsp3) is 0.583. The highest BCUT2D eigenvalue weighted by molar-refractivity contribution is 7.80. The number of rotatable bonds is 9. The summed E-state index contributed by atoms with van der Waals surface area (Å²) in [5.74, 6) is -4.33. The third-order valence-corrected chi connectivity index (χ3v) is 3.04. The zero-order chi connectivity index (χ0) is 18.2. The van der Waals surface area contributed by atoms with E-state index in [2.05, 4.69) is 28.6 Å². The number of nitrogens with one attached hydrogen (secondary N) is 3. The number of hydrogen-bond acceptors (Lipinski definition) is 6. The molecule has 0 bridgehead atoms. The summed E-state index contributed by atoms with van der Waals surface area (Å²) in [5, 5.41) is 15.5. The molecular formula is C12H20N4O6S. The molecule has 0 aliphatic heterocycles. The Hall–Kier alpha value is -2.30. The van der Waals surface area contributed by atoms with Crippen LogP contribution in [0.4, 0.5) is 0 Å². The second kappa shape index (κ2) is 9.66. The Kier molecular flexibility index (Phi) is 8.70. The highest BCUT2D eigenvalue weighted by Gasteiger charge is 2.28. The molecule has 130 valence electrons. The summed E-state index contributed by atoms with van der Waals surface area (Å²) in [6.07, 6.45) is -0.649. The summed E-state index contributed by atoms with van der Waals surface area (Å²) in [6.45, 7) is 2.49. The van der Waals surface area contributed by atoms with Crippen molar-refractivity contribution in [1.29, 1.82) is 0 Å². The van der Waals surface area contributed by atoms with Crippen LogP contribution in [0, 0.1) is 0 Å². The van der Waals surface area contributed by atoms with Crippen LogP contribution < -0.4 is 21.7 Å². The third-order valence-electron chi connectivity index (χ3n) is 2.67. The van der Waals surface area contributed by atoms with Crippen molar-refractivity contribution in [2.75, 3.05) is 5.75 Å². The van der Waals surface area contributed by atoms with Gasteiger partial charge in [-0.3, -0.25) is 24.0 Å². The SMILES string of the molecule is CC(=O)N[C@@H](CC(=O)O)C(=O)N[C@@H](CS)C(=O)N[C@@H](C)C(N)=O. The smallest absolute Gasteiger partial charge is 0.305 e. The molecule has 0 saturated heterocycles. The topological polar surface area (TPSA) is 168 Å². The van der Waals surface area contributed by atoms with E-state index in [0.29, 0.717) is 0 Å². The molecule has 0 aromatic rings. The number of carboxylic acids is 1. The molecule has 0 unspecified atom stereocenters. The van der Waals surface area contributed by atoms with E-state index in [1.807, 2.05) is 0 Å². The quantitative estimate of drug-likeness (QED) is 0.249. The standard InChI is InChI=1S/C12H20N4O6S/c1-5(10(13)20)14-12(22)8(4-23)16-11(21)7(3-9(18)19)15-6(2)17/h5,7-8,23H,3-4H2,1-2H3,(H2,13,20)(H,14,22)(H,15,17)(H,16,21)(H,18,19)/t5-,7-,8-/m0/s1. The van der Waals surface area contributed by atoms with E-state index in [9.17, 15) is 24.0 Å². The van der Waals surface area contributed by atoms with Crippen molar-refractivity contribution in [2.24, 2.45) is 5.73 Å². The van der Waals surface area contributed by atoms with Gasteiger partial charge in [0.25, 0.3) is 0 Å². The Morgan fingerprint density at radius 2 is 1.57 bits per heavy atom. The first-order chi connectivity index (χ1) is 10.6. The van der Waals surface area contributed by atoms with Crippen LogP contribution in [0.25, 0.3) is 0 Å². The Morgan fingerprint density at radius 3 is 1.96 bits per heavy atom. The zero-order valence-corrected chi connectivity index (χ0v) is 13.6. The van der Waals surface area contributed by atoms with Crippen LogP contribution >= 0.6 is 12.6 Å². The molecule has 23 heavy (non-hydrogen) atoms. The minimum absolute atomic E-state index is 0.108. The van der Waals surface area contributed by atoms with Gasteiger partial charge in [0.05, 0.1) is 6.42 Å². The molecule has 0 aliphatic rings. The highest BCUT2D eigenvalue weighted by Crippen LogP contribution is 1.97. The Morgan fingerprint density at radius 1 is 1.04 bits per heavy atom. The number of hydrogen-bond donors (Lipinski definition) is 6. The number of carbonyl (C=O) groups is 5. The predicted molar refractivity (Wildman–Crippen MR) is 82.4 cm³/mol. The molecule has 0 rings (SSSR count). The fourth-order valence-electron chi connectivity index (χ4n) is 1.48. The summed E-state index contributed by atoms with van der Waals surface area (Å²) in [6, 6.07) is -3.42. The molecule has 0 heterocycles. The summed E-state index contributed by atoms with van der Waals surface area (Å²) in [4.78, 5) is 56.6. The van der Waals surface area contributed by atoms with Gasteiger partial charge in [-0.05, 0) is 6.92 Å². The monoisotopic (exact) mass is 348 g/mol. The van der Waals surface area contributed by atoms with Crippen molar-refractivity contribution >= 4 is 42.2 Å². The fourth-order valence-corrected chi connectivity index (χ4v) is 1.74. The number of nitrogens with two attached hydrogens (primary N) is 1. The summed E-state index contributed by atoms with van der Waals surface area (Å²) in [5.41, 5.74) is 5.01. The predicted octanol–water partition coefficient (Wildman–Crippen LogP) is -2.63. The van der Waals surface area contributed by atoms with E-state index in [1.165, 1.54) is 6.92 Å². The summed E-state index contributed by atoms with van der Waals surface area (Å²) >= 11 is 3.92. The molecule has 0 fully saturated rings. The molecule has 0 aliphatic carbocycles. The number of thiol groups is 1. The maximum atomic E-state index is 12.0. The number of amides is 4. The molecule has 0 saturated carbocycles. The van der Waals surface area contributed by atoms with Gasteiger partial charge in [-0.1, -0.05) is 0 Å². The minimum Gasteiger partial charge on any atom is -0.481 e. The molecule has 6 N–H and O–H groups in total. The van der Waals surface area contributed by atoms with Gasteiger partial charge in [-0.25, -0.2) is 0 Å². The Bertz CT molecular complexity index is 482. The molecule has 0 radical (unpaired) electrons. The van der Waals surface area contributed by atoms with Crippen molar-refractivity contribution in [3.8, 4) is 0 Å². The summed E-state index contributed by atoms with van der Waals surface area (Å²) in [7, 11) is 0. The van der Waals surface area contributed by atoms with Crippen LogP contribution in [0.15, 0.2) is 0 Å². The lowest BCUT2D eigenvalue weighted by Gasteiger charge is -2.22. The van der Waals surface area contributed by atoms with Gasteiger partial charge in [-0.2, -0.15) is 12.6 Å². The van der Waals surface area contributed by atoms with Gasteiger partial charge in [0.1, 0.15) is 18.1 Å². The maximum absolute atomic E-state index is 12.0. The number of carbonyl (C=O) groups excluding carboxylic acids is 4. The molecule has 11 heteroatoms. The van der Waals surface area contributed by atoms with Crippen molar-refractivity contribution in [3.05, 3.63) is 0 Å². The van der Waals surface area contributed by atoms with E-state index >= 15 is 0 Å². The maximum Gasteiger partial charge on any atom is 0.305 e. The van der Waals surface area contributed by atoms with Crippen molar-refractivity contribution < 1.29 is 29.1 Å². The first-order valence-electron chi connectivity index (χ1n) is 6.58. The average Bonchev–Trinajstić information content (AvgIpc) is 2.42. The molecular weight excluding hydrogens is 328 g/mol. The third kappa shape index (κ3) is 8.04. The minimum atomic E-state index is -1.34. The summed E-state index contributed by atoms with van der Waals surface area (Å²) < 4.78 is 0. The first-order valence-corrected chi connectivity index (χ1v) is 7.21. The zero-order valence-electron chi connectivity index (χ0n) is 12.7. The first kappa shape index (κ1) is 20.7. The van der Waals surface area contributed by atoms with Crippen LogP contribution in [0.2, 0.25) is 0 Å². The lowest BCUT2D eigenvalue weighted by Crippen LogP contribution is -2.56. The molecule has 0 aromatic carbocycles. The van der Waals surface area contributed by atoms with Crippen LogP contribution in [-0.4, -0.2) is 58.6 Å². The van der Waals surface area contributed by atoms with Gasteiger partial charge in [0, 0.05) is 12.7 Å². The van der Waals surface area contributed by atoms with E-state index in [0.717, 1.165) is 6.92 Å². The van der Waals surface area contributed by atoms with Gasteiger partial charge in [-0.15, -0.1) is 0 Å². The van der Waals surface area contributed by atoms with Crippen molar-refractivity contribution in [3.63, 3.8) is 0 Å². The van der Waals surface area contributed by atoms with Crippen LogP contribution in [0.5, 0.6) is 0 Å². The number of aliphatic carboxylic acids is 1. The molecule has 0 aromatic heterocycles. The van der Waals surface area contributed by atoms with Crippen LogP contribution in [0.3, 0.4) is 0 Å². The molecule has 3 atom stereocenters. The van der Waals surface area contributed by atoms with E-state index in [4.69, 9.17) is 10.8 Å². The second-order valence-corrected chi connectivity index (χ2v) is 5.09. The highest BCUT2D eigenvalue weighted by atomic mass is 32.1. The van der Waals surface area contributed by atoms with Gasteiger partial charge < -0.3 is 26.8 Å². The van der Waals surface area contributed by atoms with Gasteiger partial charge in [0.15, 0.2) is 0 Å². The number of carboxylic acid groups (broad SMARTS) is 1.